The smallest absolute Gasteiger partial charge is 0.0681 e. The molecule has 0 radical (unpaired) electrons. The first kappa shape index (κ1) is 82.2. The van der Waals surface area contributed by atoms with E-state index < -0.39 is 0 Å². The summed E-state index contributed by atoms with van der Waals surface area (Å²) in [4.78, 5) is 11.4. The first-order chi connectivity index (χ1) is 55.1. The number of hydrogen-bond acceptors (Lipinski definition) is 7. The number of aryl methyl sites for hydroxylation is 15. The average Bonchev–Trinajstić information content (AvgIpc) is 0.788. The maximum Gasteiger partial charge on any atom is 0.0681 e. The molecule has 574 valence electrons. The Morgan fingerprint density at radius 3 is 0.377 bits per heavy atom. The predicted molar refractivity (Wildman–Crippen MR) is 489 cm³/mol. The van der Waals surface area contributed by atoms with Gasteiger partial charge in [0.25, 0.3) is 0 Å². The van der Waals surface area contributed by atoms with E-state index >= 15 is 0 Å². The van der Waals surface area contributed by atoms with Crippen molar-refractivity contribution in [1.82, 2.24) is 0 Å². The third-order valence-electron chi connectivity index (χ3n) is 20.5. The Bertz CT molecular complexity index is 4840. The van der Waals surface area contributed by atoms with Gasteiger partial charge >= 0.3 is 0 Å². The molecule has 0 saturated carbocycles. The van der Waals surface area contributed by atoms with E-state index in [0.717, 1.165) is 28.2 Å². The molecule has 114 heavy (non-hydrogen) atoms. The normalized spacial score (nSPS) is 10.6. The largest absolute Gasteiger partial charge is 0.392 e. The van der Waals surface area contributed by atoms with Crippen molar-refractivity contribution in [1.29, 1.82) is 0 Å². The van der Waals surface area contributed by atoms with Crippen molar-refractivity contribution in [2.45, 2.75) is 117 Å². The second-order valence-electron chi connectivity index (χ2n) is 30.1. The first-order valence-corrected chi connectivity index (χ1v) is 39.3. The molecule has 0 atom stereocenters. The summed E-state index contributed by atoms with van der Waals surface area (Å²) in [5, 5.41) is 18.5. The van der Waals surface area contributed by atoms with Crippen LogP contribution in [0, 0.1) is 104 Å². The SMILES string of the molecule is Cc1ccc(N(c2ccc(C)cc2)c2ccc(C)c(C)c2)cc1.Cc1ccc(N(c2ccc(C)cc2)c2ccc(C)c(C)c2)cc1.Cc1ccc(N(c2ccc(C)cc2)c2ccc(C)cc2)cc1.Cc1ccc(N(c2ccc(C)cc2)c2ccc(C)cc2)cc1.Cc1ccc(N(c2ccc(CO)cc2)c2ccc(CO)cc2)cc1. The van der Waals surface area contributed by atoms with E-state index in [1.54, 1.807) is 0 Å². The van der Waals surface area contributed by atoms with E-state index in [1.807, 2.05) is 48.5 Å². The number of aliphatic hydroxyl groups is 2. The summed E-state index contributed by atoms with van der Waals surface area (Å²) in [7, 11) is 0. The molecule has 0 heterocycles. The molecule has 0 amide bonds. The number of nitrogens with zero attached hydrogens (tertiary/aromatic N) is 5. The summed E-state index contributed by atoms with van der Waals surface area (Å²) in [6.45, 7) is 32.0. The number of anilines is 15. The fraction of sp³-hybridized carbons (Fsp3) is 0.159. The van der Waals surface area contributed by atoms with Gasteiger partial charge in [-0.15, -0.1) is 0 Å². The van der Waals surface area contributed by atoms with Crippen molar-refractivity contribution >= 4 is 85.3 Å². The minimum atomic E-state index is 0.0377. The fourth-order valence-electron chi connectivity index (χ4n) is 13.1. The molecule has 0 fully saturated rings. The molecule has 2 N–H and O–H groups in total. The van der Waals surface area contributed by atoms with Gasteiger partial charge < -0.3 is 34.7 Å². The zero-order chi connectivity index (χ0) is 80.8. The van der Waals surface area contributed by atoms with Gasteiger partial charge in [0.1, 0.15) is 0 Å². The Morgan fingerprint density at radius 1 is 0.140 bits per heavy atom. The molecular weight excluding hydrogens is 1390 g/mol. The Kier molecular flexibility index (Phi) is 28.4. The Balaban J connectivity index is 0.000000141. The Hall–Kier alpha value is -12.8. The van der Waals surface area contributed by atoms with Gasteiger partial charge in [-0.3, -0.25) is 0 Å². The lowest BCUT2D eigenvalue weighted by Gasteiger charge is -2.26. The van der Waals surface area contributed by atoms with Crippen LogP contribution in [0.1, 0.15) is 94.6 Å². The van der Waals surface area contributed by atoms with E-state index in [1.165, 1.54) is 152 Å². The Morgan fingerprint density at radius 2 is 0.254 bits per heavy atom. The number of rotatable bonds is 17. The van der Waals surface area contributed by atoms with Crippen molar-refractivity contribution in [3.05, 3.63) is 446 Å². The third-order valence-corrected chi connectivity index (χ3v) is 20.5. The van der Waals surface area contributed by atoms with Crippen LogP contribution in [0.2, 0.25) is 0 Å². The summed E-state index contributed by atoms with van der Waals surface area (Å²) in [6, 6.07) is 124. The molecule has 15 aromatic carbocycles. The lowest BCUT2D eigenvalue weighted by molar-refractivity contribution is 0.281. The lowest BCUT2D eigenvalue weighted by Crippen LogP contribution is -2.10. The van der Waals surface area contributed by atoms with Crippen LogP contribution in [-0.2, 0) is 13.2 Å². The quantitative estimate of drug-likeness (QED) is 0.0942. The number of aliphatic hydroxyl groups excluding tert-OH is 2. The number of benzene rings is 15. The van der Waals surface area contributed by atoms with Crippen LogP contribution in [0.3, 0.4) is 0 Å². The van der Waals surface area contributed by atoms with Gasteiger partial charge in [0.2, 0.25) is 0 Å². The maximum atomic E-state index is 9.25. The molecule has 0 aromatic heterocycles. The van der Waals surface area contributed by atoms with Crippen molar-refractivity contribution in [3.63, 3.8) is 0 Å². The summed E-state index contributed by atoms with van der Waals surface area (Å²) in [6.07, 6.45) is 0. The fourth-order valence-corrected chi connectivity index (χ4v) is 13.1. The molecule has 0 unspecified atom stereocenters. The minimum Gasteiger partial charge on any atom is -0.392 e. The zero-order valence-electron chi connectivity index (χ0n) is 69.0. The molecule has 15 rings (SSSR count). The molecule has 7 heteroatoms. The zero-order valence-corrected chi connectivity index (χ0v) is 69.0. The van der Waals surface area contributed by atoms with E-state index in [2.05, 4.69) is 432 Å². The van der Waals surface area contributed by atoms with Gasteiger partial charge in [0.05, 0.1) is 13.2 Å². The van der Waals surface area contributed by atoms with E-state index in [0.29, 0.717) is 0 Å². The van der Waals surface area contributed by atoms with Crippen molar-refractivity contribution < 1.29 is 10.2 Å². The summed E-state index contributed by atoms with van der Waals surface area (Å²) in [5.41, 5.74) is 38.3. The van der Waals surface area contributed by atoms with Crippen LogP contribution in [-0.4, -0.2) is 10.2 Å². The van der Waals surface area contributed by atoms with E-state index in [-0.39, 0.29) is 13.2 Å². The summed E-state index contributed by atoms with van der Waals surface area (Å²) >= 11 is 0. The van der Waals surface area contributed by atoms with Crippen LogP contribution < -0.4 is 24.5 Å². The van der Waals surface area contributed by atoms with Crippen LogP contribution in [0.25, 0.3) is 0 Å². The molecule has 0 aliphatic rings. The average molecular weight is 1500 g/mol. The third kappa shape index (κ3) is 22.3. The van der Waals surface area contributed by atoms with Crippen molar-refractivity contribution in [2.24, 2.45) is 0 Å². The second kappa shape index (κ2) is 39.4. The van der Waals surface area contributed by atoms with Gasteiger partial charge in [-0.25, -0.2) is 0 Å². The Labute approximate surface area is 679 Å². The van der Waals surface area contributed by atoms with Gasteiger partial charge in [-0.05, 0) is 319 Å². The van der Waals surface area contributed by atoms with E-state index in [4.69, 9.17) is 0 Å². The minimum absolute atomic E-state index is 0.0377. The van der Waals surface area contributed by atoms with Crippen LogP contribution >= 0.6 is 0 Å². The molecule has 0 bridgehead atoms. The van der Waals surface area contributed by atoms with Gasteiger partial charge in [-0.2, -0.15) is 0 Å². The highest BCUT2D eigenvalue weighted by Crippen LogP contribution is 2.41. The van der Waals surface area contributed by atoms with E-state index in [9.17, 15) is 10.2 Å². The molecule has 15 aromatic rings. The highest BCUT2D eigenvalue weighted by Gasteiger charge is 2.19. The highest BCUT2D eigenvalue weighted by atomic mass is 16.3. The molecule has 0 spiro atoms. The first-order valence-electron chi connectivity index (χ1n) is 39.3. The van der Waals surface area contributed by atoms with Gasteiger partial charge in [0.15, 0.2) is 0 Å². The molecular formula is C107H109N5O2. The van der Waals surface area contributed by atoms with Crippen molar-refractivity contribution in [2.75, 3.05) is 24.5 Å². The second-order valence-corrected chi connectivity index (χ2v) is 30.1. The highest BCUT2D eigenvalue weighted by molar-refractivity contribution is 5.82. The maximum absolute atomic E-state index is 9.25. The topological polar surface area (TPSA) is 56.7 Å². The standard InChI is InChI=1S/2C22H23N.C21H21NO2.2C21H21N/c2*1-16-5-10-20(11-6-16)23(21-12-7-17(2)8-13-21)22-14-9-18(3)19(4)15-22;1-16-2-8-19(9-3-16)22(20-10-4-17(14-23)5-11-20)21-12-6-18(15-24)7-13-21;2*1-16-4-10-19(11-5-16)22(20-12-6-17(2)7-13-20)21-14-8-18(3)9-15-21/h2*5-15H,1-4H3;2-13,23-24H,14-15H2,1H3;2*4-15H,1-3H3. The number of hydrogen-bond donors (Lipinski definition) is 2. The van der Waals surface area contributed by atoms with Crippen LogP contribution in [0.15, 0.2) is 352 Å². The molecule has 0 saturated heterocycles. The molecule has 0 aliphatic heterocycles. The predicted octanol–water partition coefficient (Wildman–Crippen LogP) is 29.4. The molecule has 0 aliphatic carbocycles. The van der Waals surface area contributed by atoms with Gasteiger partial charge in [0, 0.05) is 85.3 Å². The van der Waals surface area contributed by atoms with Gasteiger partial charge in [-0.1, -0.05) is 231 Å². The molecule has 7 nitrogen and oxygen atoms in total. The van der Waals surface area contributed by atoms with Crippen LogP contribution in [0.5, 0.6) is 0 Å². The monoisotopic (exact) mass is 1500 g/mol. The van der Waals surface area contributed by atoms with Crippen molar-refractivity contribution in [3.8, 4) is 0 Å². The summed E-state index contributed by atoms with van der Waals surface area (Å²) < 4.78 is 0. The summed E-state index contributed by atoms with van der Waals surface area (Å²) in [5.74, 6) is 0. The lowest BCUT2D eigenvalue weighted by atomic mass is 10.1. The van der Waals surface area contributed by atoms with Crippen LogP contribution in [0.4, 0.5) is 85.3 Å².